The highest BCUT2D eigenvalue weighted by atomic mass is 35.5. The Labute approximate surface area is 99.2 Å². The number of aryl methyl sites for hydroxylation is 1. The number of nitrogens with two attached hydrogens (primary N) is 1. The first-order chi connectivity index (χ1) is 7.19. The summed E-state index contributed by atoms with van der Waals surface area (Å²) >= 11 is 7.36. The Hall–Kier alpha value is -0.250. The van der Waals surface area contributed by atoms with E-state index >= 15 is 0 Å². The predicted molar refractivity (Wildman–Crippen MR) is 65.2 cm³/mol. The van der Waals surface area contributed by atoms with E-state index in [2.05, 4.69) is 0 Å². The highest BCUT2D eigenvalue weighted by molar-refractivity contribution is 7.98. The van der Waals surface area contributed by atoms with E-state index in [0.717, 1.165) is 24.8 Å². The minimum Gasteiger partial charge on any atom is -0.330 e. The van der Waals surface area contributed by atoms with Crippen molar-refractivity contribution in [3.8, 4) is 0 Å². The Morgan fingerprint density at radius 1 is 1.40 bits per heavy atom. The van der Waals surface area contributed by atoms with Crippen molar-refractivity contribution < 1.29 is 4.39 Å². The first-order valence-corrected chi connectivity index (χ1v) is 6.51. The first kappa shape index (κ1) is 12.8. The molecule has 84 valence electrons. The molecule has 1 nitrogen and oxygen atoms in total. The molecule has 0 heterocycles. The minimum absolute atomic E-state index is 0.241. The van der Waals surface area contributed by atoms with Crippen LogP contribution in [0.1, 0.15) is 18.4 Å². The molecule has 0 atom stereocenters. The van der Waals surface area contributed by atoms with Crippen LogP contribution in [0.4, 0.5) is 4.39 Å². The van der Waals surface area contributed by atoms with Gasteiger partial charge in [-0.25, -0.2) is 4.39 Å². The van der Waals surface area contributed by atoms with E-state index in [-0.39, 0.29) is 5.82 Å². The molecule has 4 heteroatoms. The van der Waals surface area contributed by atoms with Crippen molar-refractivity contribution in [3.63, 3.8) is 0 Å². The molecule has 0 amide bonds. The smallest absolute Gasteiger partial charge is 0.138 e. The van der Waals surface area contributed by atoms with Crippen molar-refractivity contribution in [1.82, 2.24) is 0 Å². The molecular formula is C11H15ClFNS. The second kappa shape index (κ2) is 6.36. The molecular weight excluding hydrogens is 233 g/mol. The summed E-state index contributed by atoms with van der Waals surface area (Å²) in [7, 11) is 0. The summed E-state index contributed by atoms with van der Waals surface area (Å²) in [6.45, 7) is 0.689. The van der Waals surface area contributed by atoms with Crippen LogP contribution in [0.5, 0.6) is 0 Å². The van der Waals surface area contributed by atoms with Crippen LogP contribution in [-0.2, 0) is 6.42 Å². The lowest BCUT2D eigenvalue weighted by Gasteiger charge is -2.07. The zero-order valence-electron chi connectivity index (χ0n) is 8.72. The predicted octanol–water partition coefficient (Wildman–Crippen LogP) is 3.48. The van der Waals surface area contributed by atoms with Gasteiger partial charge in [0.05, 0.1) is 0 Å². The van der Waals surface area contributed by atoms with E-state index < -0.39 is 0 Å². The summed E-state index contributed by atoms with van der Waals surface area (Å²) in [5, 5.41) is 0.516. The maximum absolute atomic E-state index is 13.3. The van der Waals surface area contributed by atoms with Crippen molar-refractivity contribution in [2.24, 2.45) is 5.73 Å². The van der Waals surface area contributed by atoms with Gasteiger partial charge in [0, 0.05) is 9.92 Å². The van der Waals surface area contributed by atoms with Gasteiger partial charge in [-0.1, -0.05) is 11.6 Å². The highest BCUT2D eigenvalue weighted by Gasteiger charge is 2.07. The molecule has 0 saturated heterocycles. The minimum atomic E-state index is -0.241. The molecule has 1 aromatic carbocycles. The molecule has 0 unspecified atom stereocenters. The molecule has 0 aliphatic rings. The monoisotopic (exact) mass is 247 g/mol. The molecule has 15 heavy (non-hydrogen) atoms. The van der Waals surface area contributed by atoms with Crippen LogP contribution in [0, 0.1) is 5.82 Å². The van der Waals surface area contributed by atoms with Crippen LogP contribution in [0.25, 0.3) is 0 Å². The number of thioether (sulfide) groups is 1. The van der Waals surface area contributed by atoms with Crippen LogP contribution in [0.2, 0.25) is 5.02 Å². The Kier molecular flexibility index (Phi) is 5.43. The average molecular weight is 248 g/mol. The van der Waals surface area contributed by atoms with E-state index in [4.69, 9.17) is 17.3 Å². The highest BCUT2D eigenvalue weighted by Crippen LogP contribution is 2.27. The normalized spacial score (nSPS) is 10.7. The Balaban J connectivity index is 2.78. The largest absolute Gasteiger partial charge is 0.330 e. The molecule has 1 rings (SSSR count). The van der Waals surface area contributed by atoms with Gasteiger partial charge in [-0.15, -0.1) is 11.8 Å². The van der Waals surface area contributed by atoms with Gasteiger partial charge >= 0.3 is 0 Å². The number of hydrogen-bond acceptors (Lipinski definition) is 2. The van der Waals surface area contributed by atoms with Gasteiger partial charge < -0.3 is 5.73 Å². The maximum atomic E-state index is 13.3. The quantitative estimate of drug-likeness (QED) is 0.637. The standard InChI is InChI=1S/C11H15ClFNS/c1-15-11-6-8(4-2-3-5-14)9(12)7-10(11)13/h6-7H,2-5,14H2,1H3. The van der Waals surface area contributed by atoms with E-state index in [0.29, 0.717) is 16.5 Å². The van der Waals surface area contributed by atoms with Crippen molar-refractivity contribution >= 4 is 23.4 Å². The van der Waals surface area contributed by atoms with Crippen molar-refractivity contribution in [2.75, 3.05) is 12.8 Å². The third kappa shape index (κ3) is 3.67. The second-order valence-electron chi connectivity index (χ2n) is 3.32. The Morgan fingerprint density at radius 2 is 2.13 bits per heavy atom. The average Bonchev–Trinajstić information content (AvgIpc) is 2.21. The van der Waals surface area contributed by atoms with Gasteiger partial charge in [0.1, 0.15) is 5.82 Å². The molecule has 0 aliphatic heterocycles. The van der Waals surface area contributed by atoms with E-state index in [9.17, 15) is 4.39 Å². The third-order valence-electron chi connectivity index (χ3n) is 2.22. The van der Waals surface area contributed by atoms with Crippen molar-refractivity contribution in [1.29, 1.82) is 0 Å². The lowest BCUT2D eigenvalue weighted by Crippen LogP contribution is -1.99. The SMILES string of the molecule is CSc1cc(CCCCN)c(Cl)cc1F. The number of benzene rings is 1. The summed E-state index contributed by atoms with van der Waals surface area (Å²) in [4.78, 5) is 0.655. The molecule has 0 fully saturated rings. The summed E-state index contributed by atoms with van der Waals surface area (Å²) in [5.74, 6) is -0.241. The van der Waals surface area contributed by atoms with Gasteiger partial charge in [-0.3, -0.25) is 0 Å². The van der Waals surface area contributed by atoms with E-state index in [1.807, 2.05) is 12.3 Å². The molecule has 0 bridgehead atoms. The molecule has 0 aliphatic carbocycles. The number of hydrogen-bond donors (Lipinski definition) is 1. The molecule has 0 radical (unpaired) electrons. The molecule has 0 spiro atoms. The van der Waals surface area contributed by atoms with Gasteiger partial charge in [-0.05, 0) is 49.8 Å². The second-order valence-corrected chi connectivity index (χ2v) is 4.58. The molecule has 2 N–H and O–H groups in total. The van der Waals surface area contributed by atoms with Gasteiger partial charge in [0.15, 0.2) is 0 Å². The van der Waals surface area contributed by atoms with E-state index in [1.54, 1.807) is 0 Å². The zero-order valence-corrected chi connectivity index (χ0v) is 10.3. The fraction of sp³-hybridized carbons (Fsp3) is 0.455. The first-order valence-electron chi connectivity index (χ1n) is 4.91. The fourth-order valence-electron chi connectivity index (χ4n) is 1.38. The van der Waals surface area contributed by atoms with Crippen LogP contribution < -0.4 is 5.73 Å². The van der Waals surface area contributed by atoms with Gasteiger partial charge in [0.25, 0.3) is 0 Å². The van der Waals surface area contributed by atoms with Crippen molar-refractivity contribution in [3.05, 3.63) is 28.5 Å². The van der Waals surface area contributed by atoms with Crippen molar-refractivity contribution in [2.45, 2.75) is 24.2 Å². The van der Waals surface area contributed by atoms with Crippen LogP contribution in [-0.4, -0.2) is 12.8 Å². The summed E-state index contributed by atoms with van der Waals surface area (Å²) < 4.78 is 13.3. The zero-order chi connectivity index (χ0) is 11.3. The van der Waals surface area contributed by atoms with Gasteiger partial charge in [-0.2, -0.15) is 0 Å². The fourth-order valence-corrected chi connectivity index (χ4v) is 2.14. The summed E-state index contributed by atoms with van der Waals surface area (Å²) in [5.41, 5.74) is 6.42. The number of rotatable bonds is 5. The maximum Gasteiger partial charge on any atom is 0.138 e. The molecule has 0 aromatic heterocycles. The third-order valence-corrected chi connectivity index (χ3v) is 3.33. The van der Waals surface area contributed by atoms with Gasteiger partial charge in [0.2, 0.25) is 0 Å². The lowest BCUT2D eigenvalue weighted by atomic mass is 10.1. The van der Waals surface area contributed by atoms with Crippen LogP contribution >= 0.6 is 23.4 Å². The summed E-state index contributed by atoms with van der Waals surface area (Å²) in [6, 6.07) is 3.23. The van der Waals surface area contributed by atoms with Crippen LogP contribution in [0.15, 0.2) is 17.0 Å². The Morgan fingerprint density at radius 3 is 2.73 bits per heavy atom. The van der Waals surface area contributed by atoms with Crippen LogP contribution in [0.3, 0.4) is 0 Å². The molecule has 0 saturated carbocycles. The lowest BCUT2D eigenvalue weighted by molar-refractivity contribution is 0.600. The topological polar surface area (TPSA) is 26.0 Å². The Bertz CT molecular complexity index is 331. The summed E-state index contributed by atoms with van der Waals surface area (Å²) in [6.07, 6.45) is 4.69. The van der Waals surface area contributed by atoms with E-state index in [1.165, 1.54) is 17.8 Å². The number of halogens is 2. The number of unbranched alkanes of at least 4 members (excludes halogenated alkanes) is 1. The molecule has 1 aromatic rings.